The summed E-state index contributed by atoms with van der Waals surface area (Å²) in [5.74, 6) is 0.360. The summed E-state index contributed by atoms with van der Waals surface area (Å²) in [5.41, 5.74) is 0.906. The number of hydrogen-bond donors (Lipinski definition) is 1. The molecule has 0 radical (unpaired) electrons. The monoisotopic (exact) mass is 190 g/mol. The Hall–Kier alpha value is -1.24. The molecular weight excluding hydrogens is 172 g/mol. The molecule has 0 aliphatic heterocycles. The zero-order valence-corrected chi connectivity index (χ0v) is 8.74. The summed E-state index contributed by atoms with van der Waals surface area (Å²) in [5, 5.41) is 9.46. The molecule has 0 aliphatic rings. The number of rotatable bonds is 5. The minimum atomic E-state index is 0.360. The van der Waals surface area contributed by atoms with Crippen LogP contribution in [0.25, 0.3) is 6.08 Å². The van der Waals surface area contributed by atoms with E-state index in [-0.39, 0.29) is 0 Å². The predicted molar refractivity (Wildman–Crippen MR) is 61.3 cm³/mol. The van der Waals surface area contributed by atoms with Gasteiger partial charge in [0.25, 0.3) is 0 Å². The lowest BCUT2D eigenvalue weighted by Crippen LogP contribution is -1.74. The van der Waals surface area contributed by atoms with Crippen LogP contribution in [-0.4, -0.2) is 5.11 Å². The Bertz CT molecular complexity index is 289. The van der Waals surface area contributed by atoms with E-state index in [2.05, 4.69) is 13.0 Å². The van der Waals surface area contributed by atoms with Crippen LogP contribution in [0.5, 0.6) is 5.75 Å². The number of para-hydroxylation sites is 1. The minimum Gasteiger partial charge on any atom is -0.507 e. The third kappa shape index (κ3) is 3.65. The maximum atomic E-state index is 9.46. The number of hydrogen-bond acceptors (Lipinski definition) is 1. The molecule has 1 aromatic carbocycles. The summed E-state index contributed by atoms with van der Waals surface area (Å²) < 4.78 is 0. The second kappa shape index (κ2) is 6.25. The van der Waals surface area contributed by atoms with Crippen LogP contribution in [-0.2, 0) is 0 Å². The summed E-state index contributed by atoms with van der Waals surface area (Å²) in [7, 11) is 0. The Morgan fingerprint density at radius 3 is 2.71 bits per heavy atom. The Kier molecular flexibility index (Phi) is 4.84. The van der Waals surface area contributed by atoms with Crippen molar-refractivity contribution in [1.29, 1.82) is 0 Å². The molecule has 1 N–H and O–H groups in total. The first-order valence-electron chi connectivity index (χ1n) is 5.29. The van der Waals surface area contributed by atoms with E-state index in [4.69, 9.17) is 0 Å². The summed E-state index contributed by atoms with van der Waals surface area (Å²) in [6.07, 6.45) is 8.99. The standard InChI is InChI=1S/C13H18O/c1-2-3-4-5-6-9-12-10-7-8-11-13(12)14/h6-11,14H,2-5H2,1H3/b9-6+. The number of benzene rings is 1. The second-order valence-corrected chi connectivity index (χ2v) is 3.46. The van der Waals surface area contributed by atoms with Gasteiger partial charge < -0.3 is 5.11 Å². The molecule has 0 saturated carbocycles. The van der Waals surface area contributed by atoms with Crippen LogP contribution in [0.1, 0.15) is 38.2 Å². The zero-order valence-electron chi connectivity index (χ0n) is 8.74. The van der Waals surface area contributed by atoms with Crippen molar-refractivity contribution in [1.82, 2.24) is 0 Å². The van der Waals surface area contributed by atoms with Gasteiger partial charge in [-0.3, -0.25) is 0 Å². The molecule has 0 bridgehead atoms. The highest BCUT2D eigenvalue weighted by Gasteiger charge is 1.92. The van der Waals surface area contributed by atoms with Crippen molar-refractivity contribution >= 4 is 6.08 Å². The number of unbranched alkanes of at least 4 members (excludes halogenated alkanes) is 3. The number of phenols is 1. The summed E-state index contributed by atoms with van der Waals surface area (Å²) in [4.78, 5) is 0. The van der Waals surface area contributed by atoms with Crippen molar-refractivity contribution in [2.24, 2.45) is 0 Å². The van der Waals surface area contributed by atoms with Gasteiger partial charge in [-0.05, 0) is 18.9 Å². The van der Waals surface area contributed by atoms with Crippen LogP contribution < -0.4 is 0 Å². The fourth-order valence-corrected chi connectivity index (χ4v) is 1.35. The molecule has 1 aromatic rings. The first-order chi connectivity index (χ1) is 6.84. The van der Waals surface area contributed by atoms with E-state index in [1.165, 1.54) is 19.3 Å². The van der Waals surface area contributed by atoms with E-state index in [1.807, 2.05) is 24.3 Å². The molecule has 1 rings (SSSR count). The molecule has 14 heavy (non-hydrogen) atoms. The van der Waals surface area contributed by atoms with Gasteiger partial charge in [0.15, 0.2) is 0 Å². The Labute approximate surface area is 86.1 Å². The van der Waals surface area contributed by atoms with Crippen LogP contribution in [0.2, 0.25) is 0 Å². The Morgan fingerprint density at radius 1 is 1.21 bits per heavy atom. The summed E-state index contributed by atoms with van der Waals surface area (Å²) in [6.45, 7) is 2.20. The van der Waals surface area contributed by atoms with Crippen LogP contribution in [0.15, 0.2) is 30.3 Å². The van der Waals surface area contributed by atoms with E-state index >= 15 is 0 Å². The molecule has 0 saturated heterocycles. The molecule has 0 unspecified atom stereocenters. The smallest absolute Gasteiger partial charge is 0.122 e. The molecule has 76 valence electrons. The van der Waals surface area contributed by atoms with Crippen molar-refractivity contribution < 1.29 is 5.11 Å². The highest BCUT2D eigenvalue weighted by Crippen LogP contribution is 2.17. The molecule has 1 heteroatoms. The Balaban J connectivity index is 2.40. The molecule has 0 aromatic heterocycles. The highest BCUT2D eigenvalue weighted by molar-refractivity contribution is 5.56. The topological polar surface area (TPSA) is 20.2 Å². The average Bonchev–Trinajstić information content (AvgIpc) is 2.20. The Morgan fingerprint density at radius 2 is 2.00 bits per heavy atom. The van der Waals surface area contributed by atoms with Gasteiger partial charge >= 0.3 is 0 Å². The van der Waals surface area contributed by atoms with E-state index in [0.717, 1.165) is 12.0 Å². The lowest BCUT2D eigenvalue weighted by atomic mass is 10.1. The third-order valence-electron chi connectivity index (χ3n) is 2.21. The summed E-state index contributed by atoms with van der Waals surface area (Å²) in [6, 6.07) is 7.41. The average molecular weight is 190 g/mol. The van der Waals surface area contributed by atoms with Gasteiger partial charge in [0.1, 0.15) is 5.75 Å². The second-order valence-electron chi connectivity index (χ2n) is 3.46. The SMILES string of the molecule is CCCCC/C=C/c1ccccc1O. The number of aromatic hydroxyl groups is 1. The van der Waals surface area contributed by atoms with Crippen molar-refractivity contribution in [2.45, 2.75) is 32.6 Å². The number of phenolic OH excluding ortho intramolecular Hbond substituents is 1. The first-order valence-corrected chi connectivity index (χ1v) is 5.29. The summed E-state index contributed by atoms with van der Waals surface area (Å²) >= 11 is 0. The van der Waals surface area contributed by atoms with Gasteiger partial charge in [0.05, 0.1) is 0 Å². The fraction of sp³-hybridized carbons (Fsp3) is 0.385. The molecular formula is C13H18O. The molecule has 0 amide bonds. The number of allylic oxidation sites excluding steroid dienone is 1. The molecule has 0 fully saturated rings. The van der Waals surface area contributed by atoms with Crippen molar-refractivity contribution in [2.75, 3.05) is 0 Å². The van der Waals surface area contributed by atoms with Crippen molar-refractivity contribution in [3.8, 4) is 5.75 Å². The maximum absolute atomic E-state index is 9.46. The highest BCUT2D eigenvalue weighted by atomic mass is 16.3. The van der Waals surface area contributed by atoms with Crippen LogP contribution >= 0.6 is 0 Å². The van der Waals surface area contributed by atoms with Gasteiger partial charge in [-0.25, -0.2) is 0 Å². The first kappa shape index (κ1) is 10.8. The molecule has 0 aliphatic carbocycles. The molecule has 0 heterocycles. The van der Waals surface area contributed by atoms with Crippen molar-refractivity contribution in [3.05, 3.63) is 35.9 Å². The van der Waals surface area contributed by atoms with Gasteiger partial charge in [0.2, 0.25) is 0 Å². The van der Waals surface area contributed by atoms with Crippen molar-refractivity contribution in [3.63, 3.8) is 0 Å². The lowest BCUT2D eigenvalue weighted by molar-refractivity contribution is 0.474. The van der Waals surface area contributed by atoms with E-state index < -0.39 is 0 Å². The van der Waals surface area contributed by atoms with Crippen LogP contribution in [0.3, 0.4) is 0 Å². The normalized spacial score (nSPS) is 10.9. The largest absolute Gasteiger partial charge is 0.507 e. The third-order valence-corrected chi connectivity index (χ3v) is 2.21. The minimum absolute atomic E-state index is 0.360. The van der Waals surface area contributed by atoms with Gasteiger partial charge in [0, 0.05) is 5.56 Å². The van der Waals surface area contributed by atoms with Crippen LogP contribution in [0.4, 0.5) is 0 Å². The lowest BCUT2D eigenvalue weighted by Gasteiger charge is -1.97. The van der Waals surface area contributed by atoms with Crippen LogP contribution in [0, 0.1) is 0 Å². The van der Waals surface area contributed by atoms with E-state index in [1.54, 1.807) is 6.07 Å². The zero-order chi connectivity index (χ0) is 10.2. The quantitative estimate of drug-likeness (QED) is 0.696. The van der Waals surface area contributed by atoms with E-state index in [9.17, 15) is 5.11 Å². The van der Waals surface area contributed by atoms with Gasteiger partial charge in [-0.15, -0.1) is 0 Å². The van der Waals surface area contributed by atoms with E-state index in [0.29, 0.717) is 5.75 Å². The van der Waals surface area contributed by atoms with Gasteiger partial charge in [-0.2, -0.15) is 0 Å². The fourth-order valence-electron chi connectivity index (χ4n) is 1.35. The molecule has 0 spiro atoms. The molecule has 0 atom stereocenters. The van der Waals surface area contributed by atoms with Gasteiger partial charge in [-0.1, -0.05) is 50.1 Å². The maximum Gasteiger partial charge on any atom is 0.122 e. The predicted octanol–water partition coefficient (Wildman–Crippen LogP) is 3.99. The molecule has 1 nitrogen and oxygen atoms in total.